The number of nitrogens with one attached hydrogen (secondary N) is 1. The van der Waals surface area contributed by atoms with Crippen molar-refractivity contribution in [2.75, 3.05) is 30.9 Å². The molecule has 5 nitrogen and oxygen atoms in total. The number of rotatable bonds is 8. The largest absolute Gasteiger partial charge is 0.493 e. The molecule has 0 spiro atoms. The molecule has 1 amide bonds. The Bertz CT molecular complexity index is 421. The van der Waals surface area contributed by atoms with E-state index in [9.17, 15) is 9.90 Å². The van der Waals surface area contributed by atoms with Gasteiger partial charge in [-0.1, -0.05) is 0 Å². The first-order valence-electron chi connectivity index (χ1n) is 6.39. The highest BCUT2D eigenvalue weighted by molar-refractivity contribution is 7.98. The number of nitrogen functional groups attached to an aromatic ring is 1. The molecule has 1 unspecified atom stereocenters. The van der Waals surface area contributed by atoms with Gasteiger partial charge in [0.1, 0.15) is 5.75 Å². The average molecular weight is 298 g/mol. The van der Waals surface area contributed by atoms with Crippen LogP contribution in [0.3, 0.4) is 0 Å². The van der Waals surface area contributed by atoms with Crippen LogP contribution in [0.15, 0.2) is 24.3 Å². The van der Waals surface area contributed by atoms with Crippen LogP contribution < -0.4 is 15.8 Å². The first kappa shape index (κ1) is 16.7. The van der Waals surface area contributed by atoms with Crippen LogP contribution in [-0.4, -0.2) is 41.8 Å². The molecule has 0 heterocycles. The number of hydrogen-bond acceptors (Lipinski definition) is 5. The third kappa shape index (κ3) is 6.68. The van der Waals surface area contributed by atoms with E-state index in [1.54, 1.807) is 43.0 Å². The Balaban J connectivity index is 2.22. The van der Waals surface area contributed by atoms with Gasteiger partial charge >= 0.3 is 0 Å². The Hall–Kier alpha value is -1.40. The van der Waals surface area contributed by atoms with Crippen LogP contribution in [0.5, 0.6) is 5.75 Å². The molecule has 112 valence electrons. The van der Waals surface area contributed by atoms with E-state index in [-0.39, 0.29) is 18.9 Å². The van der Waals surface area contributed by atoms with E-state index >= 15 is 0 Å². The third-order valence-corrected chi connectivity index (χ3v) is 3.51. The number of benzene rings is 1. The lowest BCUT2D eigenvalue weighted by molar-refractivity contribution is -0.122. The Labute approximate surface area is 123 Å². The van der Waals surface area contributed by atoms with Crippen molar-refractivity contribution in [1.82, 2.24) is 5.32 Å². The molecule has 1 aromatic carbocycles. The second-order valence-corrected chi connectivity index (χ2v) is 5.74. The van der Waals surface area contributed by atoms with Crippen LogP contribution in [0.2, 0.25) is 0 Å². The fourth-order valence-electron chi connectivity index (χ4n) is 1.57. The van der Waals surface area contributed by atoms with Crippen molar-refractivity contribution in [1.29, 1.82) is 0 Å². The molecule has 0 saturated heterocycles. The fraction of sp³-hybridized carbons (Fsp3) is 0.500. The summed E-state index contributed by atoms with van der Waals surface area (Å²) in [7, 11) is 0. The summed E-state index contributed by atoms with van der Waals surface area (Å²) >= 11 is 1.54. The highest BCUT2D eigenvalue weighted by Gasteiger charge is 2.20. The molecular formula is C14H22N2O3S. The second kappa shape index (κ2) is 8.01. The molecule has 0 aliphatic rings. The summed E-state index contributed by atoms with van der Waals surface area (Å²) in [5.74, 6) is 1.12. The number of amides is 1. The van der Waals surface area contributed by atoms with Gasteiger partial charge in [0.2, 0.25) is 5.91 Å². The zero-order valence-corrected chi connectivity index (χ0v) is 12.7. The number of thioether (sulfide) groups is 1. The molecule has 1 rings (SSSR count). The highest BCUT2D eigenvalue weighted by Crippen LogP contribution is 2.13. The maximum Gasteiger partial charge on any atom is 0.223 e. The summed E-state index contributed by atoms with van der Waals surface area (Å²) in [5, 5.41) is 12.6. The number of aliphatic hydroxyl groups is 1. The van der Waals surface area contributed by atoms with Gasteiger partial charge in [0.05, 0.1) is 18.6 Å². The van der Waals surface area contributed by atoms with Crippen molar-refractivity contribution in [3.8, 4) is 5.75 Å². The number of anilines is 1. The maximum absolute atomic E-state index is 11.6. The number of carbonyl (C=O) groups is 1. The lowest BCUT2D eigenvalue weighted by atomic mass is 10.1. The summed E-state index contributed by atoms with van der Waals surface area (Å²) in [4.78, 5) is 11.6. The molecule has 20 heavy (non-hydrogen) atoms. The van der Waals surface area contributed by atoms with Gasteiger partial charge in [-0.3, -0.25) is 4.79 Å². The van der Waals surface area contributed by atoms with E-state index in [1.165, 1.54) is 0 Å². The van der Waals surface area contributed by atoms with E-state index < -0.39 is 5.60 Å². The molecule has 0 aliphatic carbocycles. The van der Waals surface area contributed by atoms with Gasteiger partial charge in [-0.25, -0.2) is 0 Å². The fourth-order valence-corrected chi connectivity index (χ4v) is 2.29. The lowest BCUT2D eigenvalue weighted by Crippen LogP contribution is -2.42. The Morgan fingerprint density at radius 3 is 2.70 bits per heavy atom. The number of ether oxygens (including phenoxy) is 1. The summed E-state index contributed by atoms with van der Waals surface area (Å²) < 4.78 is 5.43. The van der Waals surface area contributed by atoms with E-state index in [2.05, 4.69) is 5.32 Å². The Morgan fingerprint density at radius 1 is 1.45 bits per heavy atom. The van der Waals surface area contributed by atoms with Crippen molar-refractivity contribution in [3.63, 3.8) is 0 Å². The van der Waals surface area contributed by atoms with Gasteiger partial charge < -0.3 is 20.9 Å². The van der Waals surface area contributed by atoms with E-state index in [1.807, 2.05) is 6.26 Å². The average Bonchev–Trinajstić information content (AvgIpc) is 2.39. The zero-order valence-electron chi connectivity index (χ0n) is 11.9. The number of hydrogen-bond donors (Lipinski definition) is 3. The van der Waals surface area contributed by atoms with E-state index in [4.69, 9.17) is 10.5 Å². The van der Waals surface area contributed by atoms with Crippen molar-refractivity contribution in [2.45, 2.75) is 18.9 Å². The number of nitrogens with two attached hydrogens (primary N) is 1. The smallest absolute Gasteiger partial charge is 0.223 e. The highest BCUT2D eigenvalue weighted by atomic mass is 32.2. The maximum atomic E-state index is 11.6. The van der Waals surface area contributed by atoms with Crippen LogP contribution in [0.25, 0.3) is 0 Å². The van der Waals surface area contributed by atoms with Gasteiger partial charge in [0.15, 0.2) is 0 Å². The van der Waals surface area contributed by atoms with Gasteiger partial charge in [0, 0.05) is 18.0 Å². The minimum Gasteiger partial charge on any atom is -0.493 e. The molecular weight excluding hydrogens is 276 g/mol. The van der Waals surface area contributed by atoms with Crippen LogP contribution in [-0.2, 0) is 4.79 Å². The minimum absolute atomic E-state index is 0.137. The molecule has 0 saturated carbocycles. The van der Waals surface area contributed by atoms with Crippen LogP contribution in [0, 0.1) is 0 Å². The molecule has 0 aromatic heterocycles. The molecule has 1 aromatic rings. The Kier molecular flexibility index (Phi) is 6.67. The van der Waals surface area contributed by atoms with Gasteiger partial charge in [-0.05, 0) is 37.4 Å². The zero-order chi connectivity index (χ0) is 15.0. The molecule has 6 heteroatoms. The van der Waals surface area contributed by atoms with Crippen LogP contribution in [0.1, 0.15) is 13.3 Å². The summed E-state index contributed by atoms with van der Waals surface area (Å²) in [5.41, 5.74) is 5.35. The van der Waals surface area contributed by atoms with Crippen molar-refractivity contribution in [3.05, 3.63) is 24.3 Å². The molecule has 1 atom stereocenters. The van der Waals surface area contributed by atoms with Gasteiger partial charge in [-0.2, -0.15) is 11.8 Å². The monoisotopic (exact) mass is 298 g/mol. The Morgan fingerprint density at radius 2 is 2.10 bits per heavy atom. The van der Waals surface area contributed by atoms with Crippen molar-refractivity contribution < 1.29 is 14.6 Å². The minimum atomic E-state index is -0.882. The van der Waals surface area contributed by atoms with E-state index in [0.29, 0.717) is 23.8 Å². The lowest BCUT2D eigenvalue weighted by Gasteiger charge is -2.22. The predicted molar refractivity (Wildman–Crippen MR) is 83.0 cm³/mol. The van der Waals surface area contributed by atoms with Crippen LogP contribution >= 0.6 is 11.8 Å². The first-order chi connectivity index (χ1) is 9.43. The SMILES string of the molecule is CSCC(C)(O)CNC(=O)CCOc1ccc(N)cc1. The number of carbonyl (C=O) groups excluding carboxylic acids is 1. The summed E-state index contributed by atoms with van der Waals surface area (Å²) in [6.07, 6.45) is 2.16. The predicted octanol–water partition coefficient (Wildman–Crippen LogP) is 1.27. The molecule has 0 fully saturated rings. The van der Waals surface area contributed by atoms with Gasteiger partial charge in [-0.15, -0.1) is 0 Å². The molecule has 0 bridgehead atoms. The third-order valence-electron chi connectivity index (χ3n) is 2.60. The quantitative estimate of drug-likeness (QED) is 0.629. The normalized spacial score (nSPS) is 13.6. The summed E-state index contributed by atoms with van der Waals surface area (Å²) in [6, 6.07) is 7.01. The molecule has 0 radical (unpaired) electrons. The molecule has 4 N–H and O–H groups in total. The van der Waals surface area contributed by atoms with Crippen molar-refractivity contribution >= 4 is 23.4 Å². The van der Waals surface area contributed by atoms with Crippen LogP contribution in [0.4, 0.5) is 5.69 Å². The van der Waals surface area contributed by atoms with Gasteiger partial charge in [0.25, 0.3) is 0 Å². The topological polar surface area (TPSA) is 84.6 Å². The van der Waals surface area contributed by atoms with Crippen molar-refractivity contribution in [2.24, 2.45) is 0 Å². The second-order valence-electron chi connectivity index (χ2n) is 4.87. The standard InChI is InChI=1S/C14H22N2O3S/c1-14(18,10-20-2)9-16-13(17)7-8-19-12-5-3-11(15)4-6-12/h3-6,18H,7-10,15H2,1-2H3,(H,16,17). The summed E-state index contributed by atoms with van der Waals surface area (Å²) in [6.45, 7) is 2.24. The van der Waals surface area contributed by atoms with E-state index in [0.717, 1.165) is 0 Å². The first-order valence-corrected chi connectivity index (χ1v) is 7.79. The molecule has 0 aliphatic heterocycles.